The molecule has 2 N–H and O–H groups in total. The van der Waals surface area contributed by atoms with E-state index in [0.29, 0.717) is 42.5 Å². The van der Waals surface area contributed by atoms with E-state index in [4.69, 9.17) is 12.2 Å². The van der Waals surface area contributed by atoms with Crippen molar-refractivity contribution in [2.75, 3.05) is 36.8 Å². The number of benzene rings is 2. The Kier molecular flexibility index (Phi) is 9.18. The third-order valence-electron chi connectivity index (χ3n) is 5.24. The normalized spacial score (nSPS) is 11.3. The van der Waals surface area contributed by atoms with E-state index in [9.17, 15) is 13.2 Å². The van der Waals surface area contributed by atoms with Crippen LogP contribution in [0.5, 0.6) is 0 Å². The SMILES string of the molecule is CCN(CC)C(=O)c1ccc(NC(=S)Nc2cc(S(=O)(=O)N(CC)CC)ccc2C)cc1. The minimum Gasteiger partial charge on any atom is -0.339 e. The van der Waals surface area contributed by atoms with Crippen molar-refractivity contribution in [2.45, 2.75) is 39.5 Å². The molecule has 7 nitrogen and oxygen atoms in total. The molecule has 0 saturated carbocycles. The average Bonchev–Trinajstić information content (AvgIpc) is 2.77. The Morgan fingerprint density at radius 3 is 2.03 bits per heavy atom. The molecule has 0 saturated heterocycles. The number of nitrogens with zero attached hydrogens (tertiary/aromatic N) is 2. The molecule has 0 spiro atoms. The van der Waals surface area contributed by atoms with Crippen molar-refractivity contribution in [3.8, 4) is 0 Å². The minimum absolute atomic E-state index is 0.0101. The highest BCUT2D eigenvalue weighted by atomic mass is 32.2. The van der Waals surface area contributed by atoms with Crippen molar-refractivity contribution in [3.05, 3.63) is 53.6 Å². The molecule has 0 atom stereocenters. The smallest absolute Gasteiger partial charge is 0.253 e. The molecule has 2 rings (SSSR count). The number of sulfonamides is 1. The van der Waals surface area contributed by atoms with Crippen LogP contribution in [0.15, 0.2) is 47.4 Å². The van der Waals surface area contributed by atoms with Gasteiger partial charge in [0.1, 0.15) is 0 Å². The van der Waals surface area contributed by atoms with Crippen LogP contribution in [-0.4, -0.2) is 54.8 Å². The zero-order valence-corrected chi connectivity index (χ0v) is 20.9. The fraction of sp³-hybridized carbons (Fsp3) is 0.391. The number of hydrogen-bond acceptors (Lipinski definition) is 4. The number of amides is 1. The number of hydrogen-bond donors (Lipinski definition) is 2. The molecule has 0 aliphatic rings. The number of thiocarbonyl (C=S) groups is 1. The van der Waals surface area contributed by atoms with E-state index in [2.05, 4.69) is 10.6 Å². The van der Waals surface area contributed by atoms with Crippen molar-refractivity contribution in [1.29, 1.82) is 0 Å². The maximum atomic E-state index is 12.8. The second-order valence-corrected chi connectivity index (χ2v) is 9.55. The first kappa shape index (κ1) is 25.8. The summed E-state index contributed by atoms with van der Waals surface area (Å²) < 4.78 is 27.1. The average molecular weight is 477 g/mol. The molecular formula is C23H32N4O3S2. The summed E-state index contributed by atoms with van der Waals surface area (Å²) in [6.07, 6.45) is 0. The van der Waals surface area contributed by atoms with Gasteiger partial charge >= 0.3 is 0 Å². The molecule has 0 heterocycles. The molecule has 2 aromatic carbocycles. The summed E-state index contributed by atoms with van der Waals surface area (Å²) in [4.78, 5) is 14.4. The fourth-order valence-electron chi connectivity index (χ4n) is 3.28. The van der Waals surface area contributed by atoms with E-state index in [1.54, 1.807) is 47.4 Å². The third-order valence-corrected chi connectivity index (χ3v) is 7.49. The Balaban J connectivity index is 2.14. The topological polar surface area (TPSA) is 81.8 Å². The Bertz CT molecular complexity index is 1050. The van der Waals surface area contributed by atoms with Gasteiger partial charge in [-0.25, -0.2) is 8.42 Å². The summed E-state index contributed by atoms with van der Waals surface area (Å²) in [5.74, 6) is -0.0101. The summed E-state index contributed by atoms with van der Waals surface area (Å²) in [5, 5.41) is 6.49. The van der Waals surface area contributed by atoms with Crippen molar-refractivity contribution < 1.29 is 13.2 Å². The lowest BCUT2D eigenvalue weighted by atomic mass is 10.2. The van der Waals surface area contributed by atoms with Gasteiger partial charge in [0.2, 0.25) is 10.0 Å². The number of carbonyl (C=O) groups is 1. The monoisotopic (exact) mass is 476 g/mol. The molecule has 0 unspecified atom stereocenters. The predicted octanol–water partition coefficient (Wildman–Crippen LogP) is 4.32. The summed E-state index contributed by atoms with van der Waals surface area (Å²) in [6.45, 7) is 11.5. The van der Waals surface area contributed by atoms with E-state index in [1.807, 2.05) is 34.6 Å². The van der Waals surface area contributed by atoms with Crippen LogP contribution in [0.4, 0.5) is 11.4 Å². The van der Waals surface area contributed by atoms with Gasteiger partial charge in [-0.1, -0.05) is 19.9 Å². The van der Waals surface area contributed by atoms with E-state index in [0.717, 1.165) is 11.3 Å². The number of aryl methyl sites for hydroxylation is 1. The van der Waals surface area contributed by atoms with Crippen LogP contribution in [-0.2, 0) is 10.0 Å². The van der Waals surface area contributed by atoms with Gasteiger partial charge in [-0.15, -0.1) is 0 Å². The number of anilines is 2. The maximum Gasteiger partial charge on any atom is 0.253 e. The Morgan fingerprint density at radius 1 is 0.906 bits per heavy atom. The molecule has 0 bridgehead atoms. The maximum absolute atomic E-state index is 12.8. The quantitative estimate of drug-likeness (QED) is 0.525. The molecule has 1 amide bonds. The highest BCUT2D eigenvalue weighted by Gasteiger charge is 2.22. The molecule has 0 fully saturated rings. The van der Waals surface area contributed by atoms with Crippen molar-refractivity contribution in [2.24, 2.45) is 0 Å². The predicted molar refractivity (Wildman–Crippen MR) is 135 cm³/mol. The summed E-state index contributed by atoms with van der Waals surface area (Å²) in [5.41, 5.74) is 2.82. The van der Waals surface area contributed by atoms with Gasteiger partial charge in [0, 0.05) is 43.1 Å². The molecule has 0 radical (unpaired) electrons. The Labute approximate surface area is 196 Å². The molecular weight excluding hydrogens is 444 g/mol. The summed E-state index contributed by atoms with van der Waals surface area (Å²) >= 11 is 5.42. The molecule has 0 aliphatic heterocycles. The molecule has 174 valence electrons. The zero-order valence-electron chi connectivity index (χ0n) is 19.3. The zero-order chi connectivity index (χ0) is 23.9. The highest BCUT2D eigenvalue weighted by molar-refractivity contribution is 7.89. The number of rotatable bonds is 9. The van der Waals surface area contributed by atoms with Crippen molar-refractivity contribution >= 4 is 44.6 Å². The highest BCUT2D eigenvalue weighted by Crippen LogP contribution is 2.23. The third kappa shape index (κ3) is 6.05. The molecule has 2 aromatic rings. The van der Waals surface area contributed by atoms with Crippen LogP contribution in [0.3, 0.4) is 0 Å². The largest absolute Gasteiger partial charge is 0.339 e. The van der Waals surface area contributed by atoms with E-state index >= 15 is 0 Å². The van der Waals surface area contributed by atoms with Crippen LogP contribution in [0.25, 0.3) is 0 Å². The van der Waals surface area contributed by atoms with Crippen molar-refractivity contribution in [1.82, 2.24) is 9.21 Å². The molecule has 32 heavy (non-hydrogen) atoms. The van der Waals surface area contributed by atoms with E-state index in [1.165, 1.54) is 4.31 Å². The first-order valence-corrected chi connectivity index (χ1v) is 12.6. The first-order valence-electron chi connectivity index (χ1n) is 10.8. The Hall–Kier alpha value is -2.49. The van der Waals surface area contributed by atoms with Gasteiger partial charge in [-0.2, -0.15) is 4.31 Å². The van der Waals surface area contributed by atoms with Crippen LogP contribution in [0, 0.1) is 6.92 Å². The second kappa shape index (κ2) is 11.4. The lowest BCUT2D eigenvalue weighted by molar-refractivity contribution is 0.0773. The van der Waals surface area contributed by atoms with Gasteiger partial charge in [-0.3, -0.25) is 4.79 Å². The van der Waals surface area contributed by atoms with E-state index in [-0.39, 0.29) is 10.8 Å². The summed E-state index contributed by atoms with van der Waals surface area (Å²) in [7, 11) is -3.57. The lowest BCUT2D eigenvalue weighted by Gasteiger charge is -2.20. The van der Waals surface area contributed by atoms with Gasteiger partial charge in [0.25, 0.3) is 5.91 Å². The van der Waals surface area contributed by atoms with Crippen molar-refractivity contribution in [3.63, 3.8) is 0 Å². The number of carbonyl (C=O) groups excluding carboxylic acids is 1. The summed E-state index contributed by atoms with van der Waals surface area (Å²) in [6, 6.07) is 12.1. The standard InChI is InChI=1S/C23H32N4O3S2/c1-6-26(7-2)22(28)18-11-13-19(14-12-18)24-23(31)25-21-16-20(15-10-17(21)5)32(29,30)27(8-3)9-4/h10-16H,6-9H2,1-5H3,(H2,24,25,31). The number of nitrogens with one attached hydrogen (secondary N) is 2. The van der Waals surface area contributed by atoms with Gasteiger partial charge in [-0.05, 0) is 75.0 Å². The molecule has 0 aliphatic carbocycles. The van der Waals surface area contributed by atoms with Crippen LogP contribution < -0.4 is 10.6 Å². The minimum atomic E-state index is -3.57. The van der Waals surface area contributed by atoms with Crippen LogP contribution in [0.2, 0.25) is 0 Å². The van der Waals surface area contributed by atoms with Gasteiger partial charge in [0.05, 0.1) is 4.90 Å². The van der Waals surface area contributed by atoms with E-state index < -0.39 is 10.0 Å². The van der Waals surface area contributed by atoms with Gasteiger partial charge < -0.3 is 15.5 Å². The fourth-order valence-corrected chi connectivity index (χ4v) is 5.00. The van der Waals surface area contributed by atoms with Crippen LogP contribution >= 0.6 is 12.2 Å². The lowest BCUT2D eigenvalue weighted by Crippen LogP contribution is -2.30. The second-order valence-electron chi connectivity index (χ2n) is 7.20. The van der Waals surface area contributed by atoms with Gasteiger partial charge in [0.15, 0.2) is 5.11 Å². The Morgan fingerprint density at radius 2 is 1.50 bits per heavy atom. The van der Waals surface area contributed by atoms with Crippen LogP contribution in [0.1, 0.15) is 43.6 Å². The first-order chi connectivity index (χ1) is 15.2. The molecule has 9 heteroatoms. The molecule has 0 aromatic heterocycles.